The number of hydrogen-bond acceptors (Lipinski definition) is 3. The molecule has 0 spiro atoms. The summed E-state index contributed by atoms with van der Waals surface area (Å²) in [7, 11) is 0. The summed E-state index contributed by atoms with van der Waals surface area (Å²) < 4.78 is 4.84. The fourth-order valence-electron chi connectivity index (χ4n) is 1.40. The Labute approximate surface area is 83.3 Å². The van der Waals surface area contributed by atoms with Crippen LogP contribution in [0, 0.1) is 5.92 Å². The molecule has 1 heterocycles. The number of ether oxygens (including phenoxy) is 1. The molecule has 1 rings (SSSR count). The molecule has 4 heteroatoms. The molecule has 0 aliphatic carbocycles. The van der Waals surface area contributed by atoms with Crippen molar-refractivity contribution in [2.24, 2.45) is 5.92 Å². The zero-order valence-electron chi connectivity index (χ0n) is 8.12. The van der Waals surface area contributed by atoms with Gasteiger partial charge in [-0.2, -0.15) is 0 Å². The van der Waals surface area contributed by atoms with Gasteiger partial charge in [0.1, 0.15) is 6.61 Å². The van der Waals surface area contributed by atoms with Gasteiger partial charge in [0, 0.05) is 12.6 Å². The van der Waals surface area contributed by atoms with Crippen LogP contribution in [0.3, 0.4) is 0 Å². The number of esters is 1. The Morgan fingerprint density at radius 3 is 3.14 bits per heavy atom. The van der Waals surface area contributed by atoms with E-state index in [0.717, 1.165) is 31.9 Å². The highest BCUT2D eigenvalue weighted by Crippen LogP contribution is 2.12. The van der Waals surface area contributed by atoms with E-state index in [2.05, 4.69) is 11.9 Å². The largest absolute Gasteiger partial charge is 0.462 e. The van der Waals surface area contributed by atoms with Crippen LogP contribution < -0.4 is 5.32 Å². The average Bonchev–Trinajstić information content (AvgIpc) is 2.39. The van der Waals surface area contributed by atoms with E-state index in [1.165, 1.54) is 0 Å². The first kappa shape index (κ1) is 10.8. The molecule has 1 unspecified atom stereocenters. The second kappa shape index (κ2) is 5.42. The molecule has 4 nitrogen and oxygen atoms in total. The molecule has 1 fully saturated rings. The Morgan fingerprint density at radius 2 is 2.43 bits per heavy atom. The summed E-state index contributed by atoms with van der Waals surface area (Å²) in [6.45, 7) is 4.18. The molecule has 14 heavy (non-hydrogen) atoms. The molecular weight excluding hydrogens is 182 g/mol. The summed E-state index contributed by atoms with van der Waals surface area (Å²) in [5.41, 5.74) is 0. The maximum atomic E-state index is 11.4. The van der Waals surface area contributed by atoms with Crippen molar-refractivity contribution in [2.45, 2.75) is 19.3 Å². The number of nitrogens with one attached hydrogen (secondary N) is 1. The third-order valence-corrected chi connectivity index (χ3v) is 2.24. The molecule has 0 radical (unpaired) electrons. The van der Waals surface area contributed by atoms with Crippen molar-refractivity contribution in [2.75, 3.05) is 13.2 Å². The van der Waals surface area contributed by atoms with Gasteiger partial charge in [0.25, 0.3) is 0 Å². The van der Waals surface area contributed by atoms with Crippen LogP contribution >= 0.6 is 0 Å². The van der Waals surface area contributed by atoms with E-state index in [1.807, 2.05) is 0 Å². The van der Waals surface area contributed by atoms with Crippen molar-refractivity contribution >= 4 is 11.9 Å². The van der Waals surface area contributed by atoms with Gasteiger partial charge in [-0.15, -0.1) is 0 Å². The van der Waals surface area contributed by atoms with Crippen LogP contribution in [0.4, 0.5) is 0 Å². The Hall–Kier alpha value is -1.32. The van der Waals surface area contributed by atoms with Crippen LogP contribution in [-0.4, -0.2) is 25.0 Å². The molecule has 1 saturated heterocycles. The van der Waals surface area contributed by atoms with Crippen LogP contribution in [0.15, 0.2) is 12.7 Å². The van der Waals surface area contributed by atoms with E-state index in [4.69, 9.17) is 4.74 Å². The molecule has 0 saturated carbocycles. The molecular formula is C10H15NO3. The van der Waals surface area contributed by atoms with Crippen molar-refractivity contribution < 1.29 is 14.3 Å². The summed E-state index contributed by atoms with van der Waals surface area (Å²) in [4.78, 5) is 22.2. The summed E-state index contributed by atoms with van der Waals surface area (Å²) in [6, 6.07) is 0. The monoisotopic (exact) mass is 197 g/mol. The minimum Gasteiger partial charge on any atom is -0.462 e. The van der Waals surface area contributed by atoms with Gasteiger partial charge in [0.15, 0.2) is 0 Å². The van der Waals surface area contributed by atoms with Gasteiger partial charge in [-0.3, -0.25) is 4.79 Å². The second-order valence-electron chi connectivity index (χ2n) is 3.32. The lowest BCUT2D eigenvalue weighted by molar-refractivity contribution is -0.141. The number of rotatable bonds is 3. The summed E-state index contributed by atoms with van der Waals surface area (Å²) in [5, 5.41) is 2.78. The van der Waals surface area contributed by atoms with Gasteiger partial charge in [0.2, 0.25) is 5.91 Å². The molecule has 1 amide bonds. The molecule has 1 atom stereocenters. The van der Waals surface area contributed by atoms with Gasteiger partial charge in [-0.25, -0.2) is 4.79 Å². The fourth-order valence-corrected chi connectivity index (χ4v) is 1.40. The maximum absolute atomic E-state index is 11.4. The first-order valence-electron chi connectivity index (χ1n) is 4.81. The van der Waals surface area contributed by atoms with Crippen molar-refractivity contribution in [3.05, 3.63) is 12.7 Å². The Bertz CT molecular complexity index is 238. The highest BCUT2D eigenvalue weighted by molar-refractivity contribution is 5.82. The minimum absolute atomic E-state index is 0.0145. The predicted octanol–water partition coefficient (Wildman–Crippen LogP) is 0.632. The molecule has 78 valence electrons. The van der Waals surface area contributed by atoms with E-state index in [9.17, 15) is 9.59 Å². The zero-order valence-corrected chi connectivity index (χ0v) is 8.12. The lowest BCUT2D eigenvalue weighted by atomic mass is 10.0. The van der Waals surface area contributed by atoms with E-state index in [0.29, 0.717) is 0 Å². The Kier molecular flexibility index (Phi) is 4.16. The highest BCUT2D eigenvalue weighted by Gasteiger charge is 2.21. The van der Waals surface area contributed by atoms with E-state index >= 15 is 0 Å². The maximum Gasteiger partial charge on any atom is 0.330 e. The molecule has 1 aliphatic rings. The highest BCUT2D eigenvalue weighted by atomic mass is 16.5. The standard InChI is InChI=1S/C10H15NO3/c1-2-9(12)14-7-8-5-3-4-6-11-10(8)13/h2,8H,1,3-7H2,(H,11,13). The van der Waals surface area contributed by atoms with Crippen molar-refractivity contribution in [3.8, 4) is 0 Å². The third-order valence-electron chi connectivity index (χ3n) is 2.24. The number of carbonyl (C=O) groups excluding carboxylic acids is 2. The van der Waals surface area contributed by atoms with Gasteiger partial charge >= 0.3 is 5.97 Å². The van der Waals surface area contributed by atoms with Crippen molar-refractivity contribution in [1.82, 2.24) is 5.32 Å². The van der Waals surface area contributed by atoms with E-state index < -0.39 is 5.97 Å². The van der Waals surface area contributed by atoms with Gasteiger partial charge in [-0.1, -0.05) is 13.0 Å². The zero-order chi connectivity index (χ0) is 10.4. The van der Waals surface area contributed by atoms with Crippen molar-refractivity contribution in [3.63, 3.8) is 0 Å². The summed E-state index contributed by atoms with van der Waals surface area (Å²) in [5.74, 6) is -0.678. The number of carbonyl (C=O) groups is 2. The van der Waals surface area contributed by atoms with Crippen LogP contribution in [0.5, 0.6) is 0 Å². The third kappa shape index (κ3) is 3.20. The van der Waals surface area contributed by atoms with Gasteiger partial charge in [-0.05, 0) is 12.8 Å². The molecule has 0 aromatic carbocycles. The van der Waals surface area contributed by atoms with E-state index in [1.54, 1.807) is 0 Å². The fraction of sp³-hybridized carbons (Fsp3) is 0.600. The summed E-state index contributed by atoms with van der Waals surface area (Å²) >= 11 is 0. The van der Waals surface area contributed by atoms with Crippen LogP contribution in [-0.2, 0) is 14.3 Å². The van der Waals surface area contributed by atoms with E-state index in [-0.39, 0.29) is 18.4 Å². The SMILES string of the molecule is C=CC(=O)OCC1CCCCNC1=O. The molecule has 0 bridgehead atoms. The van der Waals surface area contributed by atoms with Crippen LogP contribution in [0.2, 0.25) is 0 Å². The predicted molar refractivity (Wildman–Crippen MR) is 51.5 cm³/mol. The first-order valence-corrected chi connectivity index (χ1v) is 4.81. The topological polar surface area (TPSA) is 55.4 Å². The normalized spacial score (nSPS) is 22.0. The Balaban J connectivity index is 2.37. The molecule has 0 aromatic rings. The smallest absolute Gasteiger partial charge is 0.330 e. The minimum atomic E-state index is -0.470. The molecule has 1 N–H and O–H groups in total. The van der Waals surface area contributed by atoms with Crippen molar-refractivity contribution in [1.29, 1.82) is 0 Å². The molecule has 1 aliphatic heterocycles. The van der Waals surface area contributed by atoms with Gasteiger partial charge in [0.05, 0.1) is 5.92 Å². The lowest BCUT2D eigenvalue weighted by Gasteiger charge is -2.12. The Morgan fingerprint density at radius 1 is 1.64 bits per heavy atom. The summed E-state index contributed by atoms with van der Waals surface area (Å²) in [6.07, 6.45) is 3.89. The lowest BCUT2D eigenvalue weighted by Crippen LogP contribution is -2.31. The quantitative estimate of drug-likeness (QED) is 0.533. The first-order chi connectivity index (χ1) is 6.74. The second-order valence-corrected chi connectivity index (χ2v) is 3.32. The molecule has 0 aromatic heterocycles. The number of amides is 1. The van der Waals surface area contributed by atoms with Gasteiger partial charge < -0.3 is 10.1 Å². The van der Waals surface area contributed by atoms with Crippen LogP contribution in [0.25, 0.3) is 0 Å². The number of hydrogen-bond donors (Lipinski definition) is 1. The average molecular weight is 197 g/mol. The van der Waals surface area contributed by atoms with Crippen LogP contribution in [0.1, 0.15) is 19.3 Å².